The Kier molecular flexibility index (Phi) is 4.10. The molecule has 3 aliphatic rings. The number of nitrogens with zero attached hydrogens (tertiary/aromatic N) is 2. The van der Waals surface area contributed by atoms with E-state index in [4.69, 9.17) is 0 Å². The van der Waals surface area contributed by atoms with E-state index in [1.165, 1.54) is 64.5 Å². The van der Waals surface area contributed by atoms with Crippen LogP contribution in [0, 0.1) is 11.3 Å². The predicted molar refractivity (Wildman–Crippen MR) is 76.8 cm³/mol. The summed E-state index contributed by atoms with van der Waals surface area (Å²) >= 11 is 0. The first-order valence-electron chi connectivity index (χ1n) is 8.24. The van der Waals surface area contributed by atoms with Gasteiger partial charge in [-0.05, 0) is 58.0 Å². The van der Waals surface area contributed by atoms with Crippen molar-refractivity contribution >= 4 is 0 Å². The second kappa shape index (κ2) is 5.81. The second-order valence-electron chi connectivity index (χ2n) is 6.81. The van der Waals surface area contributed by atoms with Crippen LogP contribution in [0.4, 0.5) is 0 Å². The van der Waals surface area contributed by atoms with Crippen LogP contribution >= 0.6 is 0 Å². The molecule has 2 saturated carbocycles. The van der Waals surface area contributed by atoms with Gasteiger partial charge in [-0.2, -0.15) is 5.26 Å². The molecule has 19 heavy (non-hydrogen) atoms. The van der Waals surface area contributed by atoms with Crippen LogP contribution < -0.4 is 5.32 Å². The molecule has 0 bridgehead atoms. The van der Waals surface area contributed by atoms with Gasteiger partial charge in [0.05, 0.1) is 6.07 Å². The quantitative estimate of drug-likeness (QED) is 0.849. The summed E-state index contributed by atoms with van der Waals surface area (Å²) in [5.41, 5.74) is -0.200. The van der Waals surface area contributed by atoms with Gasteiger partial charge in [-0.3, -0.25) is 5.32 Å². The van der Waals surface area contributed by atoms with Crippen molar-refractivity contribution in [3.05, 3.63) is 0 Å². The first-order valence-corrected chi connectivity index (χ1v) is 8.24. The molecule has 3 heteroatoms. The highest BCUT2D eigenvalue weighted by Crippen LogP contribution is 2.36. The van der Waals surface area contributed by atoms with Crippen molar-refractivity contribution in [1.29, 1.82) is 5.26 Å². The molecule has 0 aromatic heterocycles. The Hall–Kier alpha value is -0.590. The van der Waals surface area contributed by atoms with E-state index in [9.17, 15) is 5.26 Å². The van der Waals surface area contributed by atoms with Gasteiger partial charge in [0.25, 0.3) is 0 Å². The molecule has 0 aromatic rings. The molecule has 0 radical (unpaired) electrons. The lowest BCUT2D eigenvalue weighted by atomic mass is 9.98. The van der Waals surface area contributed by atoms with Crippen molar-refractivity contribution in [2.75, 3.05) is 13.1 Å². The van der Waals surface area contributed by atoms with Crippen molar-refractivity contribution in [2.45, 2.75) is 81.8 Å². The smallest absolute Gasteiger partial charge is 0.108 e. The average Bonchev–Trinajstić information content (AvgIpc) is 3.08. The van der Waals surface area contributed by atoms with Crippen molar-refractivity contribution in [3.63, 3.8) is 0 Å². The summed E-state index contributed by atoms with van der Waals surface area (Å²) in [6.07, 6.45) is 12.8. The average molecular weight is 261 g/mol. The minimum atomic E-state index is -0.200. The molecular weight excluding hydrogens is 234 g/mol. The SMILES string of the molecule is N#CC1(NC2CC2)CCC(N2CCCCCCC2)C1. The summed E-state index contributed by atoms with van der Waals surface area (Å²) in [5, 5.41) is 13.2. The van der Waals surface area contributed by atoms with Gasteiger partial charge in [-0.1, -0.05) is 19.3 Å². The number of likely N-dealkylation sites (tertiary alicyclic amines) is 1. The molecule has 0 aromatic carbocycles. The van der Waals surface area contributed by atoms with E-state index in [1.54, 1.807) is 0 Å². The topological polar surface area (TPSA) is 39.1 Å². The van der Waals surface area contributed by atoms with Crippen LogP contribution in [0.15, 0.2) is 0 Å². The van der Waals surface area contributed by atoms with Gasteiger partial charge >= 0.3 is 0 Å². The van der Waals surface area contributed by atoms with E-state index in [1.807, 2.05) is 0 Å². The van der Waals surface area contributed by atoms with Crippen molar-refractivity contribution in [2.24, 2.45) is 0 Å². The number of nitrogens with one attached hydrogen (secondary N) is 1. The number of hydrogen-bond acceptors (Lipinski definition) is 3. The number of nitriles is 1. The highest BCUT2D eigenvalue weighted by atomic mass is 15.2. The second-order valence-corrected chi connectivity index (χ2v) is 6.81. The van der Waals surface area contributed by atoms with Crippen LogP contribution in [-0.4, -0.2) is 35.6 Å². The summed E-state index contributed by atoms with van der Waals surface area (Å²) < 4.78 is 0. The van der Waals surface area contributed by atoms with E-state index >= 15 is 0 Å². The van der Waals surface area contributed by atoms with Gasteiger partial charge in [0.1, 0.15) is 5.54 Å². The number of rotatable bonds is 3. The lowest BCUT2D eigenvalue weighted by Gasteiger charge is -2.31. The Morgan fingerprint density at radius 2 is 1.68 bits per heavy atom. The Balaban J connectivity index is 1.58. The fraction of sp³-hybridized carbons (Fsp3) is 0.938. The Morgan fingerprint density at radius 1 is 1.00 bits per heavy atom. The summed E-state index contributed by atoms with van der Waals surface area (Å²) in [6, 6.07) is 3.91. The molecular formula is C16H27N3. The molecule has 2 atom stereocenters. The molecule has 3 rings (SSSR count). The van der Waals surface area contributed by atoms with Gasteiger partial charge in [-0.25, -0.2) is 0 Å². The highest BCUT2D eigenvalue weighted by Gasteiger charge is 2.44. The Bertz CT molecular complexity index is 336. The van der Waals surface area contributed by atoms with Crippen molar-refractivity contribution in [1.82, 2.24) is 10.2 Å². The Morgan fingerprint density at radius 3 is 2.32 bits per heavy atom. The predicted octanol–water partition coefficient (Wildman–Crippen LogP) is 2.82. The van der Waals surface area contributed by atoms with E-state index in [2.05, 4.69) is 16.3 Å². The van der Waals surface area contributed by atoms with Crippen molar-refractivity contribution in [3.8, 4) is 6.07 Å². The van der Waals surface area contributed by atoms with Crippen molar-refractivity contribution < 1.29 is 0 Å². The molecule has 2 aliphatic carbocycles. The van der Waals surface area contributed by atoms with Crippen LogP contribution in [0.25, 0.3) is 0 Å². The largest absolute Gasteiger partial charge is 0.300 e. The van der Waals surface area contributed by atoms with Gasteiger partial charge < -0.3 is 4.90 Å². The zero-order valence-electron chi connectivity index (χ0n) is 12.0. The number of hydrogen-bond donors (Lipinski definition) is 1. The first-order chi connectivity index (χ1) is 9.31. The molecule has 106 valence electrons. The van der Waals surface area contributed by atoms with Crippen LogP contribution in [0.2, 0.25) is 0 Å². The molecule has 0 spiro atoms. The maximum Gasteiger partial charge on any atom is 0.108 e. The third-order valence-electron chi connectivity index (χ3n) is 5.17. The monoisotopic (exact) mass is 261 g/mol. The molecule has 1 heterocycles. The molecule has 3 nitrogen and oxygen atoms in total. The minimum Gasteiger partial charge on any atom is -0.300 e. The van der Waals surface area contributed by atoms with Gasteiger partial charge in [0.2, 0.25) is 0 Å². The van der Waals surface area contributed by atoms with E-state index in [0.717, 1.165) is 12.8 Å². The summed E-state index contributed by atoms with van der Waals surface area (Å²) in [4.78, 5) is 2.69. The van der Waals surface area contributed by atoms with Gasteiger partial charge in [0, 0.05) is 12.1 Å². The van der Waals surface area contributed by atoms with Crippen LogP contribution in [0.1, 0.15) is 64.2 Å². The highest BCUT2D eigenvalue weighted by molar-refractivity contribution is 5.15. The van der Waals surface area contributed by atoms with Crippen LogP contribution in [0.5, 0.6) is 0 Å². The van der Waals surface area contributed by atoms with Gasteiger partial charge in [-0.15, -0.1) is 0 Å². The minimum absolute atomic E-state index is 0.200. The lowest BCUT2D eigenvalue weighted by Crippen LogP contribution is -2.45. The third-order valence-corrected chi connectivity index (χ3v) is 5.17. The summed E-state index contributed by atoms with van der Waals surface area (Å²) in [6.45, 7) is 2.52. The molecule has 1 saturated heterocycles. The fourth-order valence-corrected chi connectivity index (χ4v) is 3.85. The maximum atomic E-state index is 9.58. The van der Waals surface area contributed by atoms with E-state index < -0.39 is 0 Å². The summed E-state index contributed by atoms with van der Waals surface area (Å²) in [5.74, 6) is 0. The van der Waals surface area contributed by atoms with E-state index in [-0.39, 0.29) is 5.54 Å². The van der Waals surface area contributed by atoms with E-state index in [0.29, 0.717) is 12.1 Å². The molecule has 3 fully saturated rings. The molecule has 1 N–H and O–H groups in total. The summed E-state index contributed by atoms with van der Waals surface area (Å²) in [7, 11) is 0. The normalized spacial score (nSPS) is 37.5. The fourth-order valence-electron chi connectivity index (χ4n) is 3.85. The molecule has 0 amide bonds. The van der Waals surface area contributed by atoms with Crippen LogP contribution in [-0.2, 0) is 0 Å². The first kappa shape index (κ1) is 13.4. The van der Waals surface area contributed by atoms with Crippen LogP contribution in [0.3, 0.4) is 0 Å². The van der Waals surface area contributed by atoms with Gasteiger partial charge in [0.15, 0.2) is 0 Å². The molecule has 1 aliphatic heterocycles. The lowest BCUT2D eigenvalue weighted by molar-refractivity contribution is 0.175. The maximum absolute atomic E-state index is 9.58. The molecule has 2 unspecified atom stereocenters. The Labute approximate surface area is 117 Å². The zero-order chi connectivity index (χ0) is 13.1. The zero-order valence-corrected chi connectivity index (χ0v) is 12.0. The third kappa shape index (κ3) is 3.30. The standard InChI is InChI=1S/C16H27N3/c17-13-16(18-14-6-7-14)9-8-15(12-16)19-10-4-2-1-3-5-11-19/h14-15,18H,1-12H2.